The van der Waals surface area contributed by atoms with Crippen LogP contribution in [0, 0.1) is 5.82 Å². The van der Waals surface area contributed by atoms with Crippen LogP contribution in [0.4, 0.5) is 10.1 Å². The van der Waals surface area contributed by atoms with Crippen molar-refractivity contribution in [3.05, 3.63) is 35.7 Å². The summed E-state index contributed by atoms with van der Waals surface area (Å²) in [7, 11) is 0. The van der Waals surface area contributed by atoms with Crippen molar-refractivity contribution < 1.29 is 8.91 Å². The first-order valence-corrected chi connectivity index (χ1v) is 6.67. The van der Waals surface area contributed by atoms with Crippen LogP contribution >= 0.6 is 11.8 Å². The van der Waals surface area contributed by atoms with E-state index in [1.807, 2.05) is 0 Å². The van der Waals surface area contributed by atoms with E-state index in [4.69, 9.17) is 10.3 Å². The number of halogens is 1. The molecule has 2 N–H and O–H groups in total. The Morgan fingerprint density at radius 3 is 3.06 bits per heavy atom. The maximum Gasteiger partial charge on any atom is 0.237 e. The number of hydrogen-bond donors (Lipinski definition) is 1. The van der Waals surface area contributed by atoms with Crippen molar-refractivity contribution in [2.45, 2.75) is 30.4 Å². The van der Waals surface area contributed by atoms with Crippen molar-refractivity contribution >= 4 is 17.4 Å². The minimum Gasteiger partial charge on any atom is -0.398 e. The largest absolute Gasteiger partial charge is 0.398 e. The molecule has 0 bridgehead atoms. The number of hydrogen-bond acceptors (Lipinski definition) is 5. The van der Waals surface area contributed by atoms with E-state index >= 15 is 0 Å². The number of anilines is 1. The second-order valence-corrected chi connectivity index (χ2v) is 4.84. The molecule has 2 rings (SSSR count). The summed E-state index contributed by atoms with van der Waals surface area (Å²) < 4.78 is 18.1. The highest BCUT2D eigenvalue weighted by atomic mass is 32.2. The summed E-state index contributed by atoms with van der Waals surface area (Å²) in [5.41, 5.74) is 6.30. The number of nitrogen functional groups attached to an aromatic ring is 1. The first kappa shape index (κ1) is 12.9. The van der Waals surface area contributed by atoms with Crippen molar-refractivity contribution in [1.82, 2.24) is 10.1 Å². The molecule has 0 saturated carbocycles. The van der Waals surface area contributed by atoms with E-state index in [2.05, 4.69) is 17.1 Å². The quantitative estimate of drug-likeness (QED) is 0.666. The van der Waals surface area contributed by atoms with Crippen LogP contribution in [0.2, 0.25) is 0 Å². The van der Waals surface area contributed by atoms with E-state index in [1.165, 1.54) is 23.9 Å². The average Bonchev–Trinajstić information content (AvgIpc) is 2.79. The Morgan fingerprint density at radius 1 is 1.44 bits per heavy atom. The van der Waals surface area contributed by atoms with E-state index < -0.39 is 0 Å². The summed E-state index contributed by atoms with van der Waals surface area (Å²) in [6.07, 6.45) is 1.78. The lowest BCUT2D eigenvalue weighted by atomic mass is 10.3. The highest BCUT2D eigenvalue weighted by Crippen LogP contribution is 2.28. The minimum absolute atomic E-state index is 0.302. The Bertz CT molecular complexity index is 530. The Labute approximate surface area is 109 Å². The lowest BCUT2D eigenvalue weighted by Gasteiger charge is -2.02. The van der Waals surface area contributed by atoms with Gasteiger partial charge >= 0.3 is 0 Å². The summed E-state index contributed by atoms with van der Waals surface area (Å²) in [6.45, 7) is 2.05. The van der Waals surface area contributed by atoms with Crippen molar-refractivity contribution in [3.63, 3.8) is 0 Å². The zero-order valence-corrected chi connectivity index (χ0v) is 10.8. The first-order valence-electron chi connectivity index (χ1n) is 5.68. The van der Waals surface area contributed by atoms with E-state index in [0.29, 0.717) is 28.1 Å². The summed E-state index contributed by atoms with van der Waals surface area (Å²) >= 11 is 1.38. The third-order valence-corrected chi connectivity index (χ3v) is 3.37. The Kier molecular flexibility index (Phi) is 4.19. The molecule has 96 valence electrons. The van der Waals surface area contributed by atoms with Gasteiger partial charge in [-0.25, -0.2) is 4.39 Å². The lowest BCUT2D eigenvalue weighted by molar-refractivity contribution is 0.384. The number of nitrogens with two attached hydrogens (primary N) is 1. The molecule has 0 aliphatic carbocycles. The van der Waals surface area contributed by atoms with Crippen LogP contribution in [0.25, 0.3) is 0 Å². The highest BCUT2D eigenvalue weighted by molar-refractivity contribution is 7.98. The van der Waals surface area contributed by atoms with Gasteiger partial charge in [0.2, 0.25) is 5.89 Å². The van der Waals surface area contributed by atoms with Crippen molar-refractivity contribution in [2.75, 3.05) is 5.73 Å². The van der Waals surface area contributed by atoms with Crippen molar-refractivity contribution in [2.24, 2.45) is 0 Å². The summed E-state index contributed by atoms with van der Waals surface area (Å²) in [4.78, 5) is 4.92. The highest BCUT2D eigenvalue weighted by Gasteiger charge is 2.08. The molecule has 0 radical (unpaired) electrons. The van der Waals surface area contributed by atoms with Crippen LogP contribution in [-0.4, -0.2) is 10.1 Å². The summed E-state index contributed by atoms with van der Waals surface area (Å²) in [6, 6.07) is 4.29. The lowest BCUT2D eigenvalue weighted by Crippen LogP contribution is -1.91. The molecule has 0 atom stereocenters. The number of benzene rings is 1. The van der Waals surface area contributed by atoms with Gasteiger partial charge in [-0.2, -0.15) is 4.98 Å². The predicted octanol–water partition coefficient (Wildman–Crippen LogP) is 3.04. The third-order valence-electron chi connectivity index (χ3n) is 2.31. The normalized spacial score (nSPS) is 10.8. The van der Waals surface area contributed by atoms with Crippen LogP contribution in [0.3, 0.4) is 0 Å². The van der Waals surface area contributed by atoms with Gasteiger partial charge in [-0.15, -0.1) is 11.8 Å². The van der Waals surface area contributed by atoms with Crippen molar-refractivity contribution in [3.8, 4) is 0 Å². The van der Waals surface area contributed by atoms with Gasteiger partial charge in [-0.05, 0) is 24.6 Å². The molecular weight excluding hydrogens is 253 g/mol. The minimum atomic E-state index is -0.302. The molecule has 0 aliphatic rings. The third kappa shape index (κ3) is 3.22. The van der Waals surface area contributed by atoms with E-state index in [1.54, 1.807) is 6.07 Å². The van der Waals surface area contributed by atoms with Gasteiger partial charge in [0.05, 0.1) is 5.75 Å². The number of rotatable bonds is 5. The van der Waals surface area contributed by atoms with Gasteiger partial charge < -0.3 is 10.3 Å². The average molecular weight is 267 g/mol. The number of aryl methyl sites for hydroxylation is 1. The molecule has 1 heterocycles. The van der Waals surface area contributed by atoms with Gasteiger partial charge in [0.25, 0.3) is 0 Å². The number of aromatic nitrogens is 2. The van der Waals surface area contributed by atoms with Gasteiger partial charge in [-0.3, -0.25) is 0 Å². The molecular formula is C12H14FN3OS. The molecule has 0 aliphatic heterocycles. The zero-order chi connectivity index (χ0) is 13.0. The molecule has 0 fully saturated rings. The topological polar surface area (TPSA) is 64.9 Å². The fourth-order valence-corrected chi connectivity index (χ4v) is 2.27. The van der Waals surface area contributed by atoms with Gasteiger partial charge in [0.1, 0.15) is 5.82 Å². The molecule has 1 aromatic carbocycles. The molecule has 4 nitrogen and oxygen atoms in total. The number of thioether (sulfide) groups is 1. The monoisotopic (exact) mass is 267 g/mol. The maximum atomic E-state index is 13.1. The first-order chi connectivity index (χ1) is 8.69. The standard InChI is InChI=1S/C12H14FN3OS/c1-2-3-11-15-12(17-16-11)7-18-10-6-8(13)4-5-9(10)14/h4-6H,2-3,7,14H2,1H3. The summed E-state index contributed by atoms with van der Waals surface area (Å²) in [5, 5.41) is 3.85. The Balaban J connectivity index is 1.99. The SMILES string of the molecule is CCCc1noc(CSc2cc(F)ccc2N)n1. The van der Waals surface area contributed by atoms with Gasteiger partial charge in [-0.1, -0.05) is 12.1 Å². The van der Waals surface area contributed by atoms with Crippen LogP contribution in [0.15, 0.2) is 27.6 Å². The molecule has 6 heteroatoms. The Hall–Kier alpha value is -1.56. The fraction of sp³-hybridized carbons (Fsp3) is 0.333. The number of nitrogens with zero attached hydrogens (tertiary/aromatic N) is 2. The molecule has 0 amide bonds. The van der Waals surface area contributed by atoms with Gasteiger partial charge in [0.15, 0.2) is 5.82 Å². The van der Waals surface area contributed by atoms with Crippen molar-refractivity contribution in [1.29, 1.82) is 0 Å². The van der Waals surface area contributed by atoms with Crippen LogP contribution in [-0.2, 0) is 12.2 Å². The van der Waals surface area contributed by atoms with E-state index in [0.717, 1.165) is 12.8 Å². The van der Waals surface area contributed by atoms with Crippen LogP contribution < -0.4 is 5.73 Å². The molecule has 0 saturated heterocycles. The zero-order valence-electron chi connectivity index (χ0n) is 10.0. The fourth-order valence-electron chi connectivity index (χ4n) is 1.45. The second-order valence-electron chi connectivity index (χ2n) is 3.83. The maximum absolute atomic E-state index is 13.1. The molecule has 0 spiro atoms. The van der Waals surface area contributed by atoms with E-state index in [9.17, 15) is 4.39 Å². The predicted molar refractivity (Wildman–Crippen MR) is 68.7 cm³/mol. The molecule has 1 aromatic heterocycles. The molecule has 2 aromatic rings. The summed E-state index contributed by atoms with van der Waals surface area (Å²) in [5.74, 6) is 1.43. The van der Waals surface area contributed by atoms with Crippen LogP contribution in [0.1, 0.15) is 25.1 Å². The van der Waals surface area contributed by atoms with Gasteiger partial charge in [0, 0.05) is 17.0 Å². The smallest absolute Gasteiger partial charge is 0.237 e. The van der Waals surface area contributed by atoms with Crippen LogP contribution in [0.5, 0.6) is 0 Å². The molecule has 18 heavy (non-hydrogen) atoms. The van der Waals surface area contributed by atoms with E-state index in [-0.39, 0.29) is 5.82 Å². The Morgan fingerprint density at radius 2 is 2.28 bits per heavy atom. The molecule has 0 unspecified atom stereocenters. The second kappa shape index (κ2) is 5.86.